The fourth-order valence-corrected chi connectivity index (χ4v) is 1.32. The Kier molecular flexibility index (Phi) is 4.25. The SMILES string of the molecule is O=C(NCCBr)c1ccccc1Cl. The number of benzene rings is 1. The Hall–Kier alpha value is -0.540. The van der Waals surface area contributed by atoms with E-state index in [1.54, 1.807) is 24.3 Å². The van der Waals surface area contributed by atoms with E-state index in [9.17, 15) is 4.79 Å². The van der Waals surface area contributed by atoms with Crippen molar-refractivity contribution in [2.24, 2.45) is 0 Å². The molecule has 0 fully saturated rings. The molecule has 2 nitrogen and oxygen atoms in total. The molecule has 0 aromatic heterocycles. The van der Waals surface area contributed by atoms with Crippen molar-refractivity contribution < 1.29 is 4.79 Å². The summed E-state index contributed by atoms with van der Waals surface area (Å²) in [5, 5.41) is 3.94. The molecule has 0 aliphatic heterocycles. The number of nitrogens with one attached hydrogen (secondary N) is 1. The van der Waals surface area contributed by atoms with Gasteiger partial charge in [-0.25, -0.2) is 0 Å². The number of carbonyl (C=O) groups is 1. The molecule has 0 saturated heterocycles. The van der Waals surface area contributed by atoms with E-state index in [0.717, 1.165) is 5.33 Å². The second-order valence-electron chi connectivity index (χ2n) is 2.42. The maximum atomic E-state index is 11.4. The summed E-state index contributed by atoms with van der Waals surface area (Å²) in [5.74, 6) is -0.134. The molecule has 1 rings (SSSR count). The molecule has 0 saturated carbocycles. The lowest BCUT2D eigenvalue weighted by molar-refractivity contribution is 0.0956. The zero-order valence-electron chi connectivity index (χ0n) is 6.89. The molecule has 0 radical (unpaired) electrons. The van der Waals surface area contributed by atoms with Gasteiger partial charge in [0.15, 0.2) is 0 Å². The van der Waals surface area contributed by atoms with Gasteiger partial charge in [-0.2, -0.15) is 0 Å². The Bertz CT molecular complexity index is 303. The quantitative estimate of drug-likeness (QED) is 0.833. The van der Waals surface area contributed by atoms with Crippen LogP contribution >= 0.6 is 27.5 Å². The normalized spacial score (nSPS) is 9.69. The minimum atomic E-state index is -0.134. The van der Waals surface area contributed by atoms with Gasteiger partial charge in [0.25, 0.3) is 5.91 Å². The summed E-state index contributed by atoms with van der Waals surface area (Å²) in [5.41, 5.74) is 0.519. The summed E-state index contributed by atoms with van der Waals surface area (Å²) in [6.07, 6.45) is 0. The van der Waals surface area contributed by atoms with Crippen LogP contribution in [0.2, 0.25) is 5.02 Å². The van der Waals surface area contributed by atoms with Crippen LogP contribution in [0.4, 0.5) is 0 Å². The summed E-state index contributed by atoms with van der Waals surface area (Å²) < 4.78 is 0. The maximum Gasteiger partial charge on any atom is 0.252 e. The van der Waals surface area contributed by atoms with Gasteiger partial charge in [0.2, 0.25) is 0 Å². The van der Waals surface area contributed by atoms with Crippen molar-refractivity contribution in [2.75, 3.05) is 11.9 Å². The molecule has 0 heterocycles. The van der Waals surface area contributed by atoms with Crippen molar-refractivity contribution in [1.29, 1.82) is 0 Å². The van der Waals surface area contributed by atoms with Crippen LogP contribution in [0.5, 0.6) is 0 Å². The van der Waals surface area contributed by atoms with Gasteiger partial charge in [-0.3, -0.25) is 4.79 Å². The summed E-state index contributed by atoms with van der Waals surface area (Å²) >= 11 is 9.05. The van der Waals surface area contributed by atoms with E-state index in [1.165, 1.54) is 0 Å². The number of rotatable bonds is 3. The van der Waals surface area contributed by atoms with Crippen LogP contribution in [0.1, 0.15) is 10.4 Å². The summed E-state index contributed by atoms with van der Waals surface area (Å²) in [6.45, 7) is 0.601. The molecule has 4 heteroatoms. The highest BCUT2D eigenvalue weighted by molar-refractivity contribution is 9.09. The topological polar surface area (TPSA) is 29.1 Å². The summed E-state index contributed by atoms with van der Waals surface area (Å²) in [7, 11) is 0. The smallest absolute Gasteiger partial charge is 0.252 e. The predicted molar refractivity (Wildman–Crippen MR) is 57.6 cm³/mol. The van der Waals surface area contributed by atoms with Crippen LogP contribution in [0.25, 0.3) is 0 Å². The molecule has 1 aromatic carbocycles. The maximum absolute atomic E-state index is 11.4. The first-order chi connectivity index (χ1) is 6.25. The largest absolute Gasteiger partial charge is 0.351 e. The molecular weight excluding hydrogens is 253 g/mol. The molecule has 0 aliphatic carbocycles. The molecule has 1 N–H and O–H groups in total. The number of carbonyl (C=O) groups excluding carboxylic acids is 1. The number of hydrogen-bond donors (Lipinski definition) is 1. The van der Waals surface area contributed by atoms with Gasteiger partial charge in [0.1, 0.15) is 0 Å². The van der Waals surface area contributed by atoms with E-state index in [-0.39, 0.29) is 5.91 Å². The van der Waals surface area contributed by atoms with Crippen LogP contribution in [0.3, 0.4) is 0 Å². The Morgan fingerprint density at radius 1 is 1.46 bits per heavy atom. The van der Waals surface area contributed by atoms with E-state index in [1.807, 2.05) is 0 Å². The Labute approximate surface area is 90.4 Å². The first-order valence-corrected chi connectivity index (χ1v) is 5.34. The molecule has 1 amide bonds. The summed E-state index contributed by atoms with van der Waals surface area (Å²) in [4.78, 5) is 11.4. The number of halogens is 2. The molecule has 1 aromatic rings. The minimum Gasteiger partial charge on any atom is -0.351 e. The number of alkyl halides is 1. The Morgan fingerprint density at radius 3 is 2.77 bits per heavy atom. The average Bonchev–Trinajstić information content (AvgIpc) is 2.15. The first-order valence-electron chi connectivity index (χ1n) is 3.84. The van der Waals surface area contributed by atoms with Gasteiger partial charge in [-0.1, -0.05) is 39.7 Å². The fraction of sp³-hybridized carbons (Fsp3) is 0.222. The molecule has 13 heavy (non-hydrogen) atoms. The number of amides is 1. The van der Waals surface area contributed by atoms with Crippen molar-refractivity contribution in [1.82, 2.24) is 5.32 Å². The van der Waals surface area contributed by atoms with Crippen LogP contribution in [-0.4, -0.2) is 17.8 Å². The van der Waals surface area contributed by atoms with E-state index in [2.05, 4.69) is 21.2 Å². The Morgan fingerprint density at radius 2 is 2.15 bits per heavy atom. The summed E-state index contributed by atoms with van der Waals surface area (Å²) in [6, 6.07) is 6.98. The molecule has 0 unspecified atom stereocenters. The van der Waals surface area contributed by atoms with Gasteiger partial charge in [0, 0.05) is 11.9 Å². The van der Waals surface area contributed by atoms with Gasteiger partial charge >= 0.3 is 0 Å². The van der Waals surface area contributed by atoms with Crippen molar-refractivity contribution in [3.05, 3.63) is 34.9 Å². The predicted octanol–water partition coefficient (Wildman–Crippen LogP) is 2.46. The molecule has 0 bridgehead atoms. The van der Waals surface area contributed by atoms with E-state index >= 15 is 0 Å². The van der Waals surface area contributed by atoms with Crippen molar-refractivity contribution >= 4 is 33.4 Å². The van der Waals surface area contributed by atoms with Gasteiger partial charge in [-0.05, 0) is 12.1 Å². The molecule has 0 aliphatic rings. The lowest BCUT2D eigenvalue weighted by Crippen LogP contribution is -2.25. The highest BCUT2D eigenvalue weighted by atomic mass is 79.9. The van der Waals surface area contributed by atoms with Crippen LogP contribution in [-0.2, 0) is 0 Å². The second kappa shape index (κ2) is 5.25. The van der Waals surface area contributed by atoms with E-state index < -0.39 is 0 Å². The van der Waals surface area contributed by atoms with E-state index in [0.29, 0.717) is 17.1 Å². The second-order valence-corrected chi connectivity index (χ2v) is 3.62. The standard InChI is InChI=1S/C9H9BrClNO/c10-5-6-12-9(13)7-3-1-2-4-8(7)11/h1-4H,5-6H2,(H,12,13). The zero-order valence-corrected chi connectivity index (χ0v) is 9.23. The lowest BCUT2D eigenvalue weighted by Gasteiger charge is -2.03. The van der Waals surface area contributed by atoms with Crippen molar-refractivity contribution in [3.63, 3.8) is 0 Å². The number of hydrogen-bond acceptors (Lipinski definition) is 1. The monoisotopic (exact) mass is 261 g/mol. The van der Waals surface area contributed by atoms with Gasteiger partial charge < -0.3 is 5.32 Å². The van der Waals surface area contributed by atoms with Crippen molar-refractivity contribution in [2.45, 2.75) is 0 Å². The van der Waals surface area contributed by atoms with Gasteiger partial charge in [-0.15, -0.1) is 0 Å². The van der Waals surface area contributed by atoms with Crippen molar-refractivity contribution in [3.8, 4) is 0 Å². The average molecular weight is 263 g/mol. The van der Waals surface area contributed by atoms with Gasteiger partial charge in [0.05, 0.1) is 10.6 Å². The van der Waals surface area contributed by atoms with Crippen LogP contribution in [0, 0.1) is 0 Å². The minimum absolute atomic E-state index is 0.134. The lowest BCUT2D eigenvalue weighted by atomic mass is 10.2. The first kappa shape index (κ1) is 10.5. The third kappa shape index (κ3) is 3.01. The molecule has 0 atom stereocenters. The van der Waals surface area contributed by atoms with E-state index in [4.69, 9.17) is 11.6 Å². The van der Waals surface area contributed by atoms with Crippen LogP contribution in [0.15, 0.2) is 24.3 Å². The van der Waals surface area contributed by atoms with Crippen LogP contribution < -0.4 is 5.32 Å². The third-order valence-corrected chi connectivity index (χ3v) is 2.22. The highest BCUT2D eigenvalue weighted by Gasteiger charge is 2.07. The molecule has 70 valence electrons. The fourth-order valence-electron chi connectivity index (χ4n) is 0.901. The zero-order chi connectivity index (χ0) is 9.68. The molecular formula is C9H9BrClNO. The highest BCUT2D eigenvalue weighted by Crippen LogP contribution is 2.14. The molecule has 0 spiro atoms. The Balaban J connectivity index is 2.71. The third-order valence-electron chi connectivity index (χ3n) is 1.50.